The van der Waals surface area contributed by atoms with Crippen molar-refractivity contribution < 1.29 is 31.8 Å². The Balaban J connectivity index is 1.27. The maximum atomic E-state index is 15.4. The van der Waals surface area contributed by atoms with E-state index in [9.17, 15) is 22.7 Å². The number of likely N-dealkylation sites (tertiary alicyclic amines) is 1. The molecule has 0 saturated carbocycles. The van der Waals surface area contributed by atoms with E-state index in [0.717, 1.165) is 30.1 Å². The van der Waals surface area contributed by atoms with Crippen molar-refractivity contribution in [2.75, 3.05) is 39.1 Å². The number of piperidine rings is 1. The molecule has 0 radical (unpaired) electrons. The summed E-state index contributed by atoms with van der Waals surface area (Å²) < 4.78 is 74.8. The maximum absolute atomic E-state index is 15.4. The lowest BCUT2D eigenvalue weighted by Gasteiger charge is -2.38. The van der Waals surface area contributed by atoms with Gasteiger partial charge in [-0.25, -0.2) is 22.0 Å². The van der Waals surface area contributed by atoms with Crippen LogP contribution in [-0.2, 0) is 0 Å². The average Bonchev–Trinajstić information content (AvgIpc) is 2.93. The molecule has 1 aliphatic heterocycles. The van der Waals surface area contributed by atoms with E-state index in [4.69, 9.17) is 4.74 Å². The molecule has 10 heteroatoms. The van der Waals surface area contributed by atoms with Gasteiger partial charge in [-0.2, -0.15) is 0 Å². The van der Waals surface area contributed by atoms with E-state index in [1.54, 1.807) is 31.5 Å². The summed E-state index contributed by atoms with van der Waals surface area (Å²) in [6.45, 7) is 2.05. The van der Waals surface area contributed by atoms with Crippen LogP contribution in [0.1, 0.15) is 37.4 Å². The Morgan fingerprint density at radius 2 is 1.92 bits per heavy atom. The van der Waals surface area contributed by atoms with Crippen molar-refractivity contribution in [3.63, 3.8) is 0 Å². The summed E-state index contributed by atoms with van der Waals surface area (Å²) >= 11 is 0.818. The monoisotopic (exact) mass is 554 g/mol. The molecule has 0 unspecified atom stereocenters. The molecule has 0 bridgehead atoms. The van der Waals surface area contributed by atoms with Gasteiger partial charge in [-0.3, -0.25) is 4.98 Å². The number of rotatable bonds is 11. The minimum absolute atomic E-state index is 0.000959. The molecule has 2 aromatic carbocycles. The summed E-state index contributed by atoms with van der Waals surface area (Å²) in [6.07, 6.45) is 2.80. The number of hydrogen-bond donors (Lipinski definition) is 1. The van der Waals surface area contributed by atoms with Crippen molar-refractivity contribution in [3.8, 4) is 5.75 Å². The Morgan fingerprint density at radius 3 is 2.68 bits per heavy atom. The Bertz CT molecular complexity index is 1250. The van der Waals surface area contributed by atoms with Crippen LogP contribution >= 0.6 is 11.8 Å². The fourth-order valence-corrected chi connectivity index (χ4v) is 6.04. The Kier molecular flexibility index (Phi) is 9.84. The number of benzene rings is 2. The number of thioether (sulfide) groups is 1. The number of fused-ring (bicyclic) bond motifs is 1. The SMILES string of the molecule is COc1ccc2nccc([C@H](F)CC[C@@H]3CCN(CCCSc4c(F)cc(F)c(F)c4F)C[C@@H]3CO)c2c1. The average molecular weight is 555 g/mol. The Morgan fingerprint density at radius 1 is 1.11 bits per heavy atom. The molecular weight excluding hydrogens is 523 g/mol. The highest BCUT2D eigenvalue weighted by atomic mass is 32.2. The van der Waals surface area contributed by atoms with Gasteiger partial charge in [0.25, 0.3) is 0 Å². The second-order valence-corrected chi connectivity index (χ2v) is 10.7. The molecule has 0 spiro atoms. The van der Waals surface area contributed by atoms with Gasteiger partial charge in [-0.15, -0.1) is 11.8 Å². The van der Waals surface area contributed by atoms with Crippen LogP contribution in [0.4, 0.5) is 22.0 Å². The van der Waals surface area contributed by atoms with Gasteiger partial charge < -0.3 is 14.7 Å². The molecule has 1 aromatic heterocycles. The topological polar surface area (TPSA) is 45.6 Å². The van der Waals surface area contributed by atoms with Crippen LogP contribution in [0.5, 0.6) is 5.75 Å². The summed E-state index contributed by atoms with van der Waals surface area (Å²) in [7, 11) is 1.57. The van der Waals surface area contributed by atoms with E-state index in [0.29, 0.717) is 61.0 Å². The maximum Gasteiger partial charge on any atom is 0.195 e. The van der Waals surface area contributed by atoms with E-state index in [1.807, 2.05) is 6.07 Å². The Labute approximate surface area is 223 Å². The van der Waals surface area contributed by atoms with Crippen molar-refractivity contribution in [3.05, 3.63) is 65.4 Å². The summed E-state index contributed by atoms with van der Waals surface area (Å²) in [6, 6.07) is 7.46. The molecule has 1 saturated heterocycles. The Hall–Kier alpha value is -2.43. The number of alkyl halides is 1. The van der Waals surface area contributed by atoms with Crippen molar-refractivity contribution in [2.24, 2.45) is 11.8 Å². The quantitative estimate of drug-likeness (QED) is 0.0940. The predicted molar refractivity (Wildman–Crippen MR) is 138 cm³/mol. The molecule has 206 valence electrons. The zero-order valence-electron chi connectivity index (χ0n) is 21.1. The lowest BCUT2D eigenvalue weighted by atomic mass is 9.81. The smallest absolute Gasteiger partial charge is 0.195 e. The molecular formula is C28H31F5N2O2S. The lowest BCUT2D eigenvalue weighted by molar-refractivity contribution is 0.0640. The first-order valence-electron chi connectivity index (χ1n) is 12.7. The number of aliphatic hydroxyl groups is 1. The summed E-state index contributed by atoms with van der Waals surface area (Å²) in [5, 5.41) is 10.7. The molecule has 38 heavy (non-hydrogen) atoms. The molecule has 1 aliphatic rings. The minimum atomic E-state index is -1.67. The highest BCUT2D eigenvalue weighted by Gasteiger charge is 2.29. The van der Waals surface area contributed by atoms with E-state index in [1.165, 1.54) is 0 Å². The molecule has 0 aliphatic carbocycles. The third-order valence-corrected chi connectivity index (χ3v) is 8.41. The van der Waals surface area contributed by atoms with Gasteiger partial charge in [0.1, 0.15) is 17.7 Å². The van der Waals surface area contributed by atoms with E-state index >= 15 is 4.39 Å². The fourth-order valence-electron chi connectivity index (χ4n) is 5.15. The van der Waals surface area contributed by atoms with Crippen LogP contribution in [0.25, 0.3) is 10.9 Å². The van der Waals surface area contributed by atoms with E-state index < -0.39 is 34.3 Å². The highest BCUT2D eigenvalue weighted by Crippen LogP contribution is 2.35. The molecule has 1 N–H and O–H groups in total. The number of methoxy groups -OCH3 is 1. The number of hydrogen-bond acceptors (Lipinski definition) is 5. The van der Waals surface area contributed by atoms with Crippen LogP contribution in [0.3, 0.4) is 0 Å². The molecule has 0 amide bonds. The van der Waals surface area contributed by atoms with Gasteiger partial charge in [0.05, 0.1) is 17.5 Å². The van der Waals surface area contributed by atoms with Gasteiger partial charge in [0, 0.05) is 30.8 Å². The van der Waals surface area contributed by atoms with Crippen LogP contribution in [-0.4, -0.2) is 54.1 Å². The van der Waals surface area contributed by atoms with Crippen LogP contribution in [0.15, 0.2) is 41.4 Å². The van der Waals surface area contributed by atoms with E-state index in [2.05, 4.69) is 9.88 Å². The minimum Gasteiger partial charge on any atom is -0.497 e. The molecule has 2 heterocycles. The summed E-state index contributed by atoms with van der Waals surface area (Å²) in [4.78, 5) is 5.97. The second-order valence-electron chi connectivity index (χ2n) is 9.62. The zero-order valence-corrected chi connectivity index (χ0v) is 21.9. The van der Waals surface area contributed by atoms with Gasteiger partial charge in [-0.05, 0) is 86.2 Å². The summed E-state index contributed by atoms with van der Waals surface area (Å²) in [5.41, 5.74) is 1.29. The van der Waals surface area contributed by atoms with Crippen molar-refractivity contribution in [2.45, 2.75) is 36.8 Å². The van der Waals surface area contributed by atoms with Gasteiger partial charge >= 0.3 is 0 Å². The molecule has 3 aromatic rings. The third kappa shape index (κ3) is 6.58. The van der Waals surface area contributed by atoms with Crippen LogP contribution < -0.4 is 4.74 Å². The number of nitrogens with zero attached hydrogens (tertiary/aromatic N) is 2. The molecule has 3 atom stereocenters. The standard InChI is InChI=1S/C28H31F5N2O2S/c1-37-19-4-6-25-21(13-19)20(7-9-34-25)22(29)5-3-17-8-11-35(15-18(17)16-36)10-2-12-38-28-24(31)14-23(30)26(32)27(28)33/h4,6-7,9,13-14,17-18,22,36H,2-3,5,8,10-12,15-16H2,1H3/t17-,18-,22-/m1/s1. The van der Waals surface area contributed by atoms with Crippen molar-refractivity contribution >= 4 is 22.7 Å². The first-order chi connectivity index (χ1) is 18.3. The van der Waals surface area contributed by atoms with E-state index in [-0.39, 0.29) is 18.4 Å². The number of aromatic nitrogens is 1. The predicted octanol–water partition coefficient (Wildman–Crippen LogP) is 6.70. The second kappa shape index (κ2) is 13.1. The zero-order chi connectivity index (χ0) is 27.2. The largest absolute Gasteiger partial charge is 0.497 e. The van der Waals surface area contributed by atoms with Crippen LogP contribution in [0, 0.1) is 35.1 Å². The summed E-state index contributed by atoms with van der Waals surface area (Å²) in [5.74, 6) is -4.68. The fraction of sp³-hybridized carbons (Fsp3) is 0.464. The highest BCUT2D eigenvalue weighted by molar-refractivity contribution is 7.99. The normalized spacial score (nSPS) is 19.1. The number of halogens is 5. The first kappa shape index (κ1) is 28.6. The molecule has 4 nitrogen and oxygen atoms in total. The molecule has 4 rings (SSSR count). The number of aliphatic hydroxyl groups excluding tert-OH is 1. The van der Waals surface area contributed by atoms with Crippen molar-refractivity contribution in [1.29, 1.82) is 0 Å². The van der Waals surface area contributed by atoms with Crippen molar-refractivity contribution in [1.82, 2.24) is 9.88 Å². The van der Waals surface area contributed by atoms with Crippen LogP contribution in [0.2, 0.25) is 0 Å². The first-order valence-corrected chi connectivity index (χ1v) is 13.7. The van der Waals surface area contributed by atoms with Gasteiger partial charge in [-0.1, -0.05) is 0 Å². The third-order valence-electron chi connectivity index (χ3n) is 7.26. The lowest BCUT2D eigenvalue weighted by Crippen LogP contribution is -2.42. The number of ether oxygens (including phenoxy) is 1. The van der Waals surface area contributed by atoms with Gasteiger partial charge in [0.15, 0.2) is 17.5 Å². The number of pyridine rings is 1. The van der Waals surface area contributed by atoms with Gasteiger partial charge in [0.2, 0.25) is 0 Å². The molecule has 1 fully saturated rings.